The Morgan fingerprint density at radius 1 is 1.43 bits per heavy atom. The summed E-state index contributed by atoms with van der Waals surface area (Å²) in [5.74, 6) is -0.872. The van der Waals surface area contributed by atoms with Crippen LogP contribution in [0.4, 0.5) is 5.69 Å². The molecule has 0 radical (unpaired) electrons. The van der Waals surface area contributed by atoms with Crippen LogP contribution >= 0.6 is 27.3 Å². The van der Waals surface area contributed by atoms with E-state index in [1.807, 2.05) is 25.1 Å². The fourth-order valence-corrected chi connectivity index (χ4v) is 2.63. The van der Waals surface area contributed by atoms with Crippen molar-refractivity contribution in [1.82, 2.24) is 4.98 Å². The lowest BCUT2D eigenvalue weighted by Gasteiger charge is -2.07. The van der Waals surface area contributed by atoms with Crippen LogP contribution in [0.15, 0.2) is 28.1 Å². The third-order valence-electron chi connectivity index (χ3n) is 2.63. The number of anilines is 1. The topological polar surface area (TPSA) is 68.3 Å². The minimum absolute atomic E-state index is 0.174. The third-order valence-corrected chi connectivity index (χ3v) is 3.95. The van der Waals surface area contributed by atoms with Gasteiger partial charge in [-0.3, -0.25) is 4.79 Å². The molecule has 0 atom stereocenters. The second kappa shape index (κ2) is 6.82. The Bertz CT molecular complexity index is 685. The summed E-state index contributed by atoms with van der Waals surface area (Å²) >= 11 is 4.44. The zero-order chi connectivity index (χ0) is 15.4. The van der Waals surface area contributed by atoms with Crippen molar-refractivity contribution in [3.05, 3.63) is 44.3 Å². The number of ether oxygens (including phenoxy) is 1. The highest BCUT2D eigenvalue weighted by Gasteiger charge is 2.16. The molecule has 21 heavy (non-hydrogen) atoms. The van der Waals surface area contributed by atoms with Gasteiger partial charge < -0.3 is 10.1 Å². The largest absolute Gasteiger partial charge is 0.461 e. The van der Waals surface area contributed by atoms with E-state index in [1.165, 1.54) is 5.38 Å². The standard InChI is InChI=1S/C14H13BrN2O3S/c1-3-20-14(19)13-17-11(7-21-13)12(18)16-10-6-9(15)5-4-8(10)2/h4-7H,3H2,1-2H3,(H,16,18). The number of esters is 1. The highest BCUT2D eigenvalue weighted by Crippen LogP contribution is 2.21. The van der Waals surface area contributed by atoms with Gasteiger partial charge in [-0.2, -0.15) is 0 Å². The lowest BCUT2D eigenvalue weighted by atomic mass is 10.2. The van der Waals surface area contributed by atoms with Crippen LogP contribution in [0.1, 0.15) is 32.8 Å². The molecule has 7 heteroatoms. The van der Waals surface area contributed by atoms with Gasteiger partial charge in [0.2, 0.25) is 5.01 Å². The first-order valence-corrected chi connectivity index (χ1v) is 7.88. The fourth-order valence-electron chi connectivity index (χ4n) is 1.58. The monoisotopic (exact) mass is 368 g/mol. The Morgan fingerprint density at radius 3 is 2.90 bits per heavy atom. The molecule has 0 saturated heterocycles. The Kier molecular flexibility index (Phi) is 5.08. The maximum Gasteiger partial charge on any atom is 0.367 e. The number of nitrogens with zero attached hydrogens (tertiary/aromatic N) is 1. The maximum absolute atomic E-state index is 12.1. The molecule has 0 aliphatic carbocycles. The van der Waals surface area contributed by atoms with Crippen LogP contribution in [0.3, 0.4) is 0 Å². The average molecular weight is 369 g/mol. The number of carbonyl (C=O) groups is 2. The van der Waals surface area contributed by atoms with E-state index in [2.05, 4.69) is 26.2 Å². The molecule has 0 aliphatic heterocycles. The van der Waals surface area contributed by atoms with Gasteiger partial charge in [-0.05, 0) is 31.5 Å². The number of benzene rings is 1. The van der Waals surface area contributed by atoms with Crippen molar-refractivity contribution in [2.45, 2.75) is 13.8 Å². The van der Waals surface area contributed by atoms with Gasteiger partial charge >= 0.3 is 5.97 Å². The second-order valence-corrected chi connectivity index (χ2v) is 5.95. The van der Waals surface area contributed by atoms with Crippen molar-refractivity contribution in [2.24, 2.45) is 0 Å². The van der Waals surface area contributed by atoms with Crippen molar-refractivity contribution in [2.75, 3.05) is 11.9 Å². The summed E-state index contributed by atoms with van der Waals surface area (Å²) in [4.78, 5) is 27.7. The Hall–Kier alpha value is -1.73. The van der Waals surface area contributed by atoms with Crippen LogP contribution in [0, 0.1) is 6.92 Å². The minimum atomic E-state index is -0.514. The average Bonchev–Trinajstić information content (AvgIpc) is 2.93. The summed E-state index contributed by atoms with van der Waals surface area (Å²) in [5, 5.41) is 4.49. The van der Waals surface area contributed by atoms with Crippen LogP contribution in [-0.4, -0.2) is 23.5 Å². The summed E-state index contributed by atoms with van der Waals surface area (Å²) in [6.07, 6.45) is 0. The van der Waals surface area contributed by atoms with E-state index in [9.17, 15) is 9.59 Å². The van der Waals surface area contributed by atoms with Gasteiger partial charge in [0, 0.05) is 15.5 Å². The third kappa shape index (κ3) is 3.89. The number of rotatable bonds is 4. The van der Waals surface area contributed by atoms with E-state index >= 15 is 0 Å². The van der Waals surface area contributed by atoms with Crippen molar-refractivity contribution in [3.63, 3.8) is 0 Å². The first kappa shape index (κ1) is 15.7. The molecule has 2 aromatic rings. The van der Waals surface area contributed by atoms with Crippen LogP contribution in [0.5, 0.6) is 0 Å². The number of nitrogens with one attached hydrogen (secondary N) is 1. The summed E-state index contributed by atoms with van der Waals surface area (Å²) < 4.78 is 5.71. The summed E-state index contributed by atoms with van der Waals surface area (Å²) in [5.41, 5.74) is 1.83. The number of hydrogen-bond donors (Lipinski definition) is 1. The predicted molar refractivity (Wildman–Crippen MR) is 84.9 cm³/mol. The molecule has 110 valence electrons. The van der Waals surface area contributed by atoms with E-state index in [4.69, 9.17) is 4.74 Å². The van der Waals surface area contributed by atoms with E-state index in [1.54, 1.807) is 6.92 Å². The maximum atomic E-state index is 12.1. The molecule has 0 unspecified atom stereocenters. The lowest BCUT2D eigenvalue weighted by molar-refractivity contribution is 0.0526. The minimum Gasteiger partial charge on any atom is -0.461 e. The number of halogens is 1. The van der Waals surface area contributed by atoms with Crippen molar-refractivity contribution in [1.29, 1.82) is 0 Å². The Labute approximate surface area is 134 Å². The Morgan fingerprint density at radius 2 is 2.19 bits per heavy atom. The molecular weight excluding hydrogens is 356 g/mol. The molecule has 0 aliphatic rings. The van der Waals surface area contributed by atoms with Crippen molar-refractivity contribution >= 4 is 44.8 Å². The van der Waals surface area contributed by atoms with Gasteiger partial charge in [-0.15, -0.1) is 11.3 Å². The van der Waals surface area contributed by atoms with Crippen LogP contribution < -0.4 is 5.32 Å². The molecule has 1 aromatic heterocycles. The van der Waals surface area contributed by atoms with E-state index in [-0.39, 0.29) is 23.2 Å². The zero-order valence-corrected chi connectivity index (χ0v) is 13.9. The fraction of sp³-hybridized carbons (Fsp3) is 0.214. The molecule has 0 spiro atoms. The van der Waals surface area contributed by atoms with E-state index in [0.29, 0.717) is 5.69 Å². The number of carbonyl (C=O) groups excluding carboxylic acids is 2. The van der Waals surface area contributed by atoms with E-state index < -0.39 is 5.97 Å². The number of hydrogen-bond acceptors (Lipinski definition) is 5. The van der Waals surface area contributed by atoms with Crippen LogP contribution in [0.25, 0.3) is 0 Å². The van der Waals surface area contributed by atoms with Crippen LogP contribution in [-0.2, 0) is 4.74 Å². The molecule has 0 saturated carbocycles. The highest BCUT2D eigenvalue weighted by molar-refractivity contribution is 9.10. The summed E-state index contributed by atoms with van der Waals surface area (Å²) in [7, 11) is 0. The van der Waals surface area contributed by atoms with E-state index in [0.717, 1.165) is 21.4 Å². The van der Waals surface area contributed by atoms with Gasteiger partial charge in [-0.25, -0.2) is 9.78 Å². The first-order chi connectivity index (χ1) is 10.0. The van der Waals surface area contributed by atoms with Gasteiger partial charge in [0.05, 0.1) is 6.61 Å². The normalized spacial score (nSPS) is 10.2. The molecule has 0 bridgehead atoms. The van der Waals surface area contributed by atoms with Crippen LogP contribution in [0.2, 0.25) is 0 Å². The summed E-state index contributed by atoms with van der Waals surface area (Å²) in [6, 6.07) is 5.60. The lowest BCUT2D eigenvalue weighted by Crippen LogP contribution is -2.14. The van der Waals surface area contributed by atoms with Crippen molar-refractivity contribution < 1.29 is 14.3 Å². The summed E-state index contributed by atoms with van der Waals surface area (Å²) in [6.45, 7) is 3.89. The van der Waals surface area contributed by atoms with Gasteiger partial charge in [0.25, 0.3) is 5.91 Å². The number of thiazole rings is 1. The SMILES string of the molecule is CCOC(=O)c1nc(C(=O)Nc2cc(Br)ccc2C)cs1. The quantitative estimate of drug-likeness (QED) is 0.836. The highest BCUT2D eigenvalue weighted by atomic mass is 79.9. The molecular formula is C14H13BrN2O3S. The van der Waals surface area contributed by atoms with Gasteiger partial charge in [-0.1, -0.05) is 22.0 Å². The second-order valence-electron chi connectivity index (χ2n) is 4.17. The van der Waals surface area contributed by atoms with Gasteiger partial charge in [0.1, 0.15) is 5.69 Å². The van der Waals surface area contributed by atoms with Crippen molar-refractivity contribution in [3.8, 4) is 0 Å². The molecule has 1 N–H and O–H groups in total. The van der Waals surface area contributed by atoms with Gasteiger partial charge in [0.15, 0.2) is 0 Å². The molecule has 0 fully saturated rings. The first-order valence-electron chi connectivity index (χ1n) is 6.21. The zero-order valence-electron chi connectivity index (χ0n) is 11.5. The molecule has 2 rings (SSSR count). The number of aryl methyl sites for hydroxylation is 1. The molecule has 5 nitrogen and oxygen atoms in total. The smallest absolute Gasteiger partial charge is 0.367 e. The molecule has 1 aromatic carbocycles. The number of amides is 1. The molecule has 1 heterocycles. The molecule has 1 amide bonds. The number of aromatic nitrogens is 1. The Balaban J connectivity index is 2.14. The predicted octanol–water partition coefficient (Wildman–Crippen LogP) is 3.64.